The third kappa shape index (κ3) is 4.88. The molecule has 3 nitrogen and oxygen atoms in total. The van der Waals surface area contributed by atoms with Crippen LogP contribution in [0.25, 0.3) is 0 Å². The average molecular weight is 196 g/mol. The van der Waals surface area contributed by atoms with Gasteiger partial charge in [-0.3, -0.25) is 4.79 Å². The fourth-order valence-corrected chi connectivity index (χ4v) is 1.29. The van der Waals surface area contributed by atoms with Gasteiger partial charge < -0.3 is 11.1 Å². The van der Waals surface area contributed by atoms with Gasteiger partial charge in [0.1, 0.15) is 0 Å². The minimum atomic E-state index is -0.0692. The molecule has 0 spiro atoms. The molecule has 0 aliphatic carbocycles. The second-order valence-corrected chi connectivity index (χ2v) is 3.54. The molecule has 0 aliphatic heterocycles. The van der Waals surface area contributed by atoms with E-state index < -0.39 is 0 Å². The molecule has 2 atom stereocenters. The Hall–Kier alpha value is -1.01. The number of nitrogens with one attached hydrogen (secondary N) is 1. The number of rotatable bonds is 6. The molecule has 0 rings (SSSR count). The molecule has 0 saturated carbocycles. The van der Waals surface area contributed by atoms with Crippen molar-refractivity contribution in [1.82, 2.24) is 5.32 Å². The van der Waals surface area contributed by atoms with Crippen molar-refractivity contribution >= 4 is 5.91 Å². The molecular formula is C11H20N2O. The van der Waals surface area contributed by atoms with Crippen molar-refractivity contribution in [2.75, 3.05) is 6.54 Å². The van der Waals surface area contributed by atoms with Gasteiger partial charge in [-0.2, -0.15) is 0 Å². The summed E-state index contributed by atoms with van der Waals surface area (Å²) >= 11 is 0. The Balaban J connectivity index is 3.98. The van der Waals surface area contributed by atoms with Gasteiger partial charge in [-0.05, 0) is 13.3 Å². The summed E-state index contributed by atoms with van der Waals surface area (Å²) in [5, 5.41) is 2.86. The molecule has 3 heteroatoms. The van der Waals surface area contributed by atoms with Crippen molar-refractivity contribution in [1.29, 1.82) is 0 Å². The van der Waals surface area contributed by atoms with Crippen LogP contribution in [0.3, 0.4) is 0 Å². The minimum Gasteiger partial charge on any atom is -0.352 e. The lowest BCUT2D eigenvalue weighted by molar-refractivity contribution is -0.125. The molecule has 0 aromatic rings. The molecule has 0 aromatic heterocycles. The lowest BCUT2D eigenvalue weighted by atomic mass is 10.0. The van der Waals surface area contributed by atoms with E-state index in [1.807, 2.05) is 13.8 Å². The summed E-state index contributed by atoms with van der Waals surface area (Å²) in [7, 11) is 0. The minimum absolute atomic E-state index is 0.0251. The van der Waals surface area contributed by atoms with Crippen molar-refractivity contribution in [2.24, 2.45) is 11.7 Å². The standard InChI is InChI=1S/C11H20N2O/c1-4-6-9(3)13-11(14)10(8-12)7-5-2/h1,9-10H,5-8,12H2,2-3H3,(H,13,14). The van der Waals surface area contributed by atoms with Gasteiger partial charge in [0, 0.05) is 19.0 Å². The first-order valence-electron chi connectivity index (χ1n) is 5.09. The topological polar surface area (TPSA) is 55.1 Å². The predicted molar refractivity (Wildman–Crippen MR) is 58.5 cm³/mol. The molecule has 1 amide bonds. The maximum atomic E-state index is 11.6. The Labute approximate surface area is 86.4 Å². The summed E-state index contributed by atoms with van der Waals surface area (Å²) in [6.45, 7) is 4.35. The maximum absolute atomic E-state index is 11.6. The molecule has 2 unspecified atom stereocenters. The number of terminal acetylenes is 1. The molecule has 0 saturated heterocycles. The Bertz CT molecular complexity index is 208. The van der Waals surface area contributed by atoms with Crippen LogP contribution in [-0.4, -0.2) is 18.5 Å². The maximum Gasteiger partial charge on any atom is 0.224 e. The molecule has 0 aromatic carbocycles. The SMILES string of the molecule is C#CCC(C)NC(=O)C(CN)CCC. The molecule has 3 N–H and O–H groups in total. The number of carbonyl (C=O) groups is 1. The zero-order chi connectivity index (χ0) is 11.0. The summed E-state index contributed by atoms with van der Waals surface area (Å²) < 4.78 is 0. The molecule has 0 aliphatic rings. The second kappa shape index (κ2) is 7.40. The second-order valence-electron chi connectivity index (χ2n) is 3.54. The monoisotopic (exact) mass is 196 g/mol. The van der Waals surface area contributed by atoms with E-state index in [0.29, 0.717) is 13.0 Å². The number of carbonyl (C=O) groups excluding carboxylic acids is 1. The molecular weight excluding hydrogens is 176 g/mol. The smallest absolute Gasteiger partial charge is 0.224 e. The highest BCUT2D eigenvalue weighted by molar-refractivity contribution is 5.79. The van der Waals surface area contributed by atoms with Crippen molar-refractivity contribution in [3.63, 3.8) is 0 Å². The predicted octanol–water partition coefficient (Wildman–Crippen LogP) is 0.889. The highest BCUT2D eigenvalue weighted by Gasteiger charge is 2.16. The molecule has 0 bridgehead atoms. The number of amides is 1. The zero-order valence-corrected chi connectivity index (χ0v) is 9.05. The van der Waals surface area contributed by atoms with E-state index in [4.69, 9.17) is 12.2 Å². The van der Waals surface area contributed by atoms with E-state index in [0.717, 1.165) is 12.8 Å². The number of nitrogens with two attached hydrogens (primary N) is 1. The summed E-state index contributed by atoms with van der Waals surface area (Å²) in [6.07, 6.45) is 7.52. The van der Waals surface area contributed by atoms with Crippen LogP contribution in [0.1, 0.15) is 33.1 Å². The zero-order valence-electron chi connectivity index (χ0n) is 9.05. The van der Waals surface area contributed by atoms with Crippen LogP contribution in [0.5, 0.6) is 0 Å². The third-order valence-electron chi connectivity index (χ3n) is 2.11. The van der Waals surface area contributed by atoms with Gasteiger partial charge in [0.2, 0.25) is 5.91 Å². The van der Waals surface area contributed by atoms with Gasteiger partial charge in [-0.25, -0.2) is 0 Å². The van der Waals surface area contributed by atoms with Gasteiger partial charge in [-0.15, -0.1) is 12.3 Å². The largest absolute Gasteiger partial charge is 0.352 e. The summed E-state index contributed by atoms with van der Waals surface area (Å²) in [4.78, 5) is 11.6. The fourth-order valence-electron chi connectivity index (χ4n) is 1.29. The van der Waals surface area contributed by atoms with Gasteiger partial charge in [-0.1, -0.05) is 13.3 Å². The number of hydrogen-bond acceptors (Lipinski definition) is 2. The third-order valence-corrected chi connectivity index (χ3v) is 2.11. The van der Waals surface area contributed by atoms with Crippen LogP contribution in [0.15, 0.2) is 0 Å². The Morgan fingerprint density at radius 3 is 2.71 bits per heavy atom. The first-order chi connectivity index (χ1) is 6.65. The lowest BCUT2D eigenvalue weighted by Crippen LogP contribution is -2.39. The molecule has 0 heterocycles. The van der Waals surface area contributed by atoms with E-state index in [1.165, 1.54) is 0 Å². The van der Waals surface area contributed by atoms with Gasteiger partial charge >= 0.3 is 0 Å². The van der Waals surface area contributed by atoms with Crippen molar-refractivity contribution in [3.05, 3.63) is 0 Å². The molecule has 14 heavy (non-hydrogen) atoms. The molecule has 0 fully saturated rings. The Morgan fingerprint density at radius 1 is 1.64 bits per heavy atom. The van der Waals surface area contributed by atoms with Crippen LogP contribution >= 0.6 is 0 Å². The van der Waals surface area contributed by atoms with Gasteiger partial charge in [0.05, 0.1) is 5.92 Å². The van der Waals surface area contributed by atoms with Gasteiger partial charge in [0.15, 0.2) is 0 Å². The van der Waals surface area contributed by atoms with Crippen molar-refractivity contribution in [2.45, 2.75) is 39.2 Å². The van der Waals surface area contributed by atoms with Crippen LogP contribution in [0.4, 0.5) is 0 Å². The first-order valence-corrected chi connectivity index (χ1v) is 5.09. The van der Waals surface area contributed by atoms with E-state index in [1.54, 1.807) is 0 Å². The summed E-state index contributed by atoms with van der Waals surface area (Å²) in [5.41, 5.74) is 5.51. The Kier molecular flexibility index (Phi) is 6.87. The van der Waals surface area contributed by atoms with E-state index in [2.05, 4.69) is 11.2 Å². The highest BCUT2D eigenvalue weighted by Crippen LogP contribution is 2.05. The summed E-state index contributed by atoms with van der Waals surface area (Å²) in [6, 6.07) is 0.0402. The van der Waals surface area contributed by atoms with Crippen molar-refractivity contribution < 1.29 is 4.79 Å². The highest BCUT2D eigenvalue weighted by atomic mass is 16.1. The van der Waals surface area contributed by atoms with Crippen LogP contribution in [0.2, 0.25) is 0 Å². The quantitative estimate of drug-likeness (QED) is 0.620. The first kappa shape index (κ1) is 13.0. The van der Waals surface area contributed by atoms with Gasteiger partial charge in [0.25, 0.3) is 0 Å². The molecule has 0 radical (unpaired) electrons. The molecule has 80 valence electrons. The number of hydrogen-bond donors (Lipinski definition) is 2. The normalized spacial score (nSPS) is 14.1. The fraction of sp³-hybridized carbons (Fsp3) is 0.727. The van der Waals surface area contributed by atoms with Crippen LogP contribution in [-0.2, 0) is 4.79 Å². The van der Waals surface area contributed by atoms with E-state index in [-0.39, 0.29) is 17.9 Å². The van der Waals surface area contributed by atoms with E-state index in [9.17, 15) is 4.79 Å². The summed E-state index contributed by atoms with van der Waals surface area (Å²) in [5.74, 6) is 2.47. The lowest BCUT2D eigenvalue weighted by Gasteiger charge is -2.17. The van der Waals surface area contributed by atoms with Crippen LogP contribution in [0, 0.1) is 18.3 Å². The van der Waals surface area contributed by atoms with E-state index >= 15 is 0 Å². The van der Waals surface area contributed by atoms with Crippen molar-refractivity contribution in [3.8, 4) is 12.3 Å². The van der Waals surface area contributed by atoms with Crippen LogP contribution < -0.4 is 11.1 Å². The average Bonchev–Trinajstić information content (AvgIpc) is 2.14. The Morgan fingerprint density at radius 2 is 2.29 bits per heavy atom.